The molecule has 1 fully saturated rings. The van der Waals surface area contributed by atoms with Crippen LogP contribution in [0, 0.1) is 0 Å². The summed E-state index contributed by atoms with van der Waals surface area (Å²) in [7, 11) is 3.16. The molecule has 0 spiro atoms. The lowest BCUT2D eigenvalue weighted by Crippen LogP contribution is -2.47. The number of carbonyl (C=O) groups excluding carboxylic acids is 1. The predicted octanol–water partition coefficient (Wildman–Crippen LogP) is 3.10. The van der Waals surface area contributed by atoms with E-state index in [1.807, 2.05) is 6.07 Å². The Morgan fingerprint density at radius 3 is 2.62 bits per heavy atom. The number of amides is 1. The van der Waals surface area contributed by atoms with Gasteiger partial charge in [0, 0.05) is 24.7 Å². The van der Waals surface area contributed by atoms with E-state index >= 15 is 0 Å². The second-order valence-electron chi connectivity index (χ2n) is 6.60. The zero-order chi connectivity index (χ0) is 18.4. The van der Waals surface area contributed by atoms with Crippen molar-refractivity contribution in [3.63, 3.8) is 0 Å². The molecule has 1 heterocycles. The van der Waals surface area contributed by atoms with Crippen LogP contribution in [0.5, 0.6) is 11.5 Å². The lowest BCUT2D eigenvalue weighted by molar-refractivity contribution is 0.0900. The molecule has 1 saturated heterocycles. The Morgan fingerprint density at radius 1 is 1.12 bits per heavy atom. The molecule has 1 N–H and O–H groups in total. The fraction of sp³-hybridized carbons (Fsp3) is 0.381. The molecule has 0 saturated carbocycles. The van der Waals surface area contributed by atoms with Crippen LogP contribution < -0.4 is 14.8 Å². The topological polar surface area (TPSA) is 50.8 Å². The molecule has 2 aromatic carbocycles. The first-order chi connectivity index (χ1) is 12.7. The third-order valence-corrected chi connectivity index (χ3v) is 4.74. The third kappa shape index (κ3) is 4.55. The fourth-order valence-electron chi connectivity index (χ4n) is 3.40. The maximum absolute atomic E-state index is 12.6. The second kappa shape index (κ2) is 8.72. The monoisotopic (exact) mass is 354 g/mol. The summed E-state index contributed by atoms with van der Waals surface area (Å²) in [5, 5.41) is 3.16. The number of carbonyl (C=O) groups is 1. The Labute approximate surface area is 154 Å². The summed E-state index contributed by atoms with van der Waals surface area (Å²) in [6, 6.07) is 15.9. The average Bonchev–Trinajstić information content (AvgIpc) is 2.68. The van der Waals surface area contributed by atoms with Gasteiger partial charge in [-0.1, -0.05) is 30.3 Å². The maximum Gasteiger partial charge on any atom is 0.251 e. The maximum atomic E-state index is 12.6. The Bertz CT molecular complexity index is 733. The average molecular weight is 354 g/mol. The first kappa shape index (κ1) is 18.3. The minimum Gasteiger partial charge on any atom is -0.493 e. The Morgan fingerprint density at radius 2 is 1.88 bits per heavy atom. The number of nitrogens with one attached hydrogen (secondary N) is 1. The molecule has 5 heteroatoms. The largest absolute Gasteiger partial charge is 0.493 e. The van der Waals surface area contributed by atoms with E-state index in [0.717, 1.165) is 32.5 Å². The normalized spacial score (nSPS) is 17.5. The predicted molar refractivity (Wildman–Crippen MR) is 102 cm³/mol. The van der Waals surface area contributed by atoms with Gasteiger partial charge >= 0.3 is 0 Å². The Balaban J connectivity index is 1.60. The van der Waals surface area contributed by atoms with Crippen LogP contribution >= 0.6 is 0 Å². The van der Waals surface area contributed by atoms with Gasteiger partial charge < -0.3 is 14.8 Å². The molecule has 26 heavy (non-hydrogen) atoms. The van der Waals surface area contributed by atoms with E-state index in [2.05, 4.69) is 34.5 Å². The minimum absolute atomic E-state index is 0.0717. The van der Waals surface area contributed by atoms with Gasteiger partial charge in [-0.15, -0.1) is 0 Å². The summed E-state index contributed by atoms with van der Waals surface area (Å²) in [6.07, 6.45) is 2.09. The first-order valence-electron chi connectivity index (χ1n) is 8.98. The van der Waals surface area contributed by atoms with Gasteiger partial charge in [0.05, 0.1) is 14.2 Å². The second-order valence-corrected chi connectivity index (χ2v) is 6.60. The van der Waals surface area contributed by atoms with Gasteiger partial charge in [-0.25, -0.2) is 0 Å². The number of likely N-dealkylation sites (tertiary alicyclic amines) is 1. The fourth-order valence-corrected chi connectivity index (χ4v) is 3.40. The van der Waals surface area contributed by atoms with E-state index in [4.69, 9.17) is 9.47 Å². The van der Waals surface area contributed by atoms with Crippen molar-refractivity contribution in [2.45, 2.75) is 25.4 Å². The van der Waals surface area contributed by atoms with Gasteiger partial charge in [-0.05, 0) is 43.1 Å². The summed E-state index contributed by atoms with van der Waals surface area (Å²) < 4.78 is 10.5. The van der Waals surface area contributed by atoms with E-state index in [1.54, 1.807) is 32.4 Å². The van der Waals surface area contributed by atoms with Crippen molar-refractivity contribution >= 4 is 5.91 Å². The van der Waals surface area contributed by atoms with E-state index in [1.165, 1.54) is 5.56 Å². The van der Waals surface area contributed by atoms with Crippen LogP contribution in [0.15, 0.2) is 48.5 Å². The Kier molecular flexibility index (Phi) is 6.12. The van der Waals surface area contributed by atoms with Crippen molar-refractivity contribution in [1.82, 2.24) is 10.2 Å². The number of piperidine rings is 1. The molecule has 3 rings (SSSR count). The van der Waals surface area contributed by atoms with Crippen LogP contribution in [-0.2, 0) is 6.54 Å². The van der Waals surface area contributed by atoms with Crippen LogP contribution in [0.4, 0.5) is 0 Å². The molecule has 1 aliphatic rings. The minimum atomic E-state index is -0.0717. The van der Waals surface area contributed by atoms with Crippen LogP contribution in [0.25, 0.3) is 0 Å². The van der Waals surface area contributed by atoms with Crippen molar-refractivity contribution in [2.24, 2.45) is 0 Å². The zero-order valence-electron chi connectivity index (χ0n) is 15.4. The standard InChI is InChI=1S/C21H26N2O3/c1-25-19-11-10-17(13-20(19)26-2)21(24)22-18-9-6-12-23(15-18)14-16-7-4-3-5-8-16/h3-5,7-8,10-11,13,18H,6,9,12,14-15H2,1-2H3,(H,22,24). The van der Waals surface area contributed by atoms with E-state index in [-0.39, 0.29) is 11.9 Å². The number of methoxy groups -OCH3 is 2. The van der Waals surface area contributed by atoms with Crippen molar-refractivity contribution in [3.05, 3.63) is 59.7 Å². The first-order valence-corrected chi connectivity index (χ1v) is 8.98. The quantitative estimate of drug-likeness (QED) is 0.866. The molecule has 138 valence electrons. The van der Waals surface area contributed by atoms with Crippen molar-refractivity contribution in [2.75, 3.05) is 27.3 Å². The number of hydrogen-bond acceptors (Lipinski definition) is 4. The molecule has 0 aromatic heterocycles. The van der Waals surface area contributed by atoms with Gasteiger partial charge in [-0.3, -0.25) is 9.69 Å². The molecule has 5 nitrogen and oxygen atoms in total. The summed E-state index contributed by atoms with van der Waals surface area (Å²) in [5.74, 6) is 1.11. The summed E-state index contributed by atoms with van der Waals surface area (Å²) >= 11 is 0. The van der Waals surface area contributed by atoms with E-state index in [9.17, 15) is 4.79 Å². The molecular formula is C21H26N2O3. The highest BCUT2D eigenvalue weighted by atomic mass is 16.5. The van der Waals surface area contributed by atoms with Crippen LogP contribution in [0.2, 0.25) is 0 Å². The lowest BCUT2D eigenvalue weighted by Gasteiger charge is -2.33. The molecule has 2 aromatic rings. The van der Waals surface area contributed by atoms with Crippen LogP contribution in [0.3, 0.4) is 0 Å². The molecular weight excluding hydrogens is 328 g/mol. The van der Waals surface area contributed by atoms with Gasteiger partial charge in [0.2, 0.25) is 0 Å². The summed E-state index contributed by atoms with van der Waals surface area (Å²) in [5.41, 5.74) is 1.89. The SMILES string of the molecule is COc1ccc(C(=O)NC2CCCN(Cc3ccccc3)C2)cc1OC. The van der Waals surface area contributed by atoms with Gasteiger partial charge in [-0.2, -0.15) is 0 Å². The van der Waals surface area contributed by atoms with Gasteiger partial charge in [0.15, 0.2) is 11.5 Å². The highest BCUT2D eigenvalue weighted by Crippen LogP contribution is 2.27. The Hall–Kier alpha value is -2.53. The molecule has 1 unspecified atom stereocenters. The van der Waals surface area contributed by atoms with E-state index < -0.39 is 0 Å². The van der Waals surface area contributed by atoms with Crippen molar-refractivity contribution < 1.29 is 14.3 Å². The van der Waals surface area contributed by atoms with Crippen molar-refractivity contribution in [3.8, 4) is 11.5 Å². The number of nitrogens with zero attached hydrogens (tertiary/aromatic N) is 1. The summed E-state index contributed by atoms with van der Waals surface area (Å²) in [6.45, 7) is 2.86. The molecule has 1 aliphatic heterocycles. The molecule has 0 bridgehead atoms. The van der Waals surface area contributed by atoms with E-state index in [0.29, 0.717) is 17.1 Å². The highest BCUT2D eigenvalue weighted by molar-refractivity contribution is 5.95. The third-order valence-electron chi connectivity index (χ3n) is 4.74. The highest BCUT2D eigenvalue weighted by Gasteiger charge is 2.22. The van der Waals surface area contributed by atoms with Crippen molar-refractivity contribution in [1.29, 1.82) is 0 Å². The summed E-state index contributed by atoms with van der Waals surface area (Å²) in [4.78, 5) is 15.0. The van der Waals surface area contributed by atoms with Gasteiger partial charge in [0.1, 0.15) is 0 Å². The zero-order valence-corrected chi connectivity index (χ0v) is 15.4. The number of ether oxygens (including phenoxy) is 2. The smallest absolute Gasteiger partial charge is 0.251 e. The molecule has 0 aliphatic carbocycles. The van der Waals surface area contributed by atoms with Crippen LogP contribution in [0.1, 0.15) is 28.8 Å². The number of rotatable bonds is 6. The number of benzene rings is 2. The number of hydrogen-bond donors (Lipinski definition) is 1. The lowest BCUT2D eigenvalue weighted by atomic mass is 10.0. The molecule has 1 amide bonds. The van der Waals surface area contributed by atoms with Gasteiger partial charge in [0.25, 0.3) is 5.91 Å². The molecule has 1 atom stereocenters. The molecule has 0 radical (unpaired) electrons. The van der Waals surface area contributed by atoms with Crippen LogP contribution in [-0.4, -0.2) is 44.2 Å².